The van der Waals surface area contributed by atoms with Gasteiger partial charge in [-0.2, -0.15) is 0 Å². The highest BCUT2D eigenvalue weighted by molar-refractivity contribution is 5.94. The van der Waals surface area contributed by atoms with Crippen LogP contribution in [0.2, 0.25) is 0 Å². The molecule has 0 fully saturated rings. The molecule has 0 heterocycles. The number of terminal acetylenes is 2. The number of ether oxygens (including phenoxy) is 1. The molecule has 0 radical (unpaired) electrons. The van der Waals surface area contributed by atoms with Crippen LogP contribution in [0.5, 0.6) is 0 Å². The molecule has 0 aromatic rings. The molecule has 0 saturated carbocycles. The molecule has 0 aliphatic carbocycles. The summed E-state index contributed by atoms with van der Waals surface area (Å²) < 4.78 is 4.18. The summed E-state index contributed by atoms with van der Waals surface area (Å²) in [7, 11) is 0. The third-order valence-electron chi connectivity index (χ3n) is 2.26. The van der Waals surface area contributed by atoms with Gasteiger partial charge in [-0.3, -0.25) is 0 Å². The highest BCUT2D eigenvalue weighted by Crippen LogP contribution is 2.16. The Morgan fingerprint density at radius 1 is 0.947 bits per heavy atom. The Labute approximate surface area is 109 Å². The van der Waals surface area contributed by atoms with Crippen molar-refractivity contribution in [1.29, 1.82) is 0 Å². The van der Waals surface area contributed by atoms with Crippen LogP contribution in [0.4, 0.5) is 0 Å². The fourth-order valence-corrected chi connectivity index (χ4v) is 0.997. The van der Waals surface area contributed by atoms with E-state index < -0.39 is 49.2 Å². The molecule has 0 aromatic carbocycles. The molecular formula is C12H14O7. The third-order valence-corrected chi connectivity index (χ3v) is 2.26. The minimum atomic E-state index is -2.46. The maximum atomic E-state index is 11.5. The fraction of sp³-hybridized carbons (Fsp3) is 0.500. The van der Waals surface area contributed by atoms with Gasteiger partial charge in [-0.05, 0) is 0 Å². The van der Waals surface area contributed by atoms with Crippen LogP contribution in [0.3, 0.4) is 0 Å². The summed E-state index contributed by atoms with van der Waals surface area (Å²) in [6.07, 6.45) is 8.59. The molecule has 0 aromatic heterocycles. The number of carbonyl (C=O) groups is 2. The summed E-state index contributed by atoms with van der Waals surface area (Å²) in [5, 5.41) is 36.9. The lowest BCUT2D eigenvalue weighted by Crippen LogP contribution is -2.50. The van der Waals surface area contributed by atoms with Crippen molar-refractivity contribution >= 4 is 11.9 Å². The van der Waals surface area contributed by atoms with Crippen molar-refractivity contribution in [2.75, 3.05) is 13.2 Å². The lowest BCUT2D eigenvalue weighted by Gasteiger charge is -2.24. The molecule has 7 heteroatoms. The predicted octanol–water partition coefficient (Wildman–Crippen LogP) is -2.45. The largest absolute Gasteiger partial charge is 0.393 e. The summed E-state index contributed by atoms with van der Waals surface area (Å²) in [6, 6.07) is 0. The molecule has 104 valence electrons. The molecule has 0 saturated heterocycles. The van der Waals surface area contributed by atoms with Crippen molar-refractivity contribution in [3.63, 3.8) is 0 Å². The number of carbonyl (C=O) groups excluding carboxylic acids is 2. The summed E-state index contributed by atoms with van der Waals surface area (Å²) in [5.41, 5.74) is -4.92. The van der Waals surface area contributed by atoms with Gasteiger partial charge in [-0.15, -0.1) is 24.7 Å². The van der Waals surface area contributed by atoms with Crippen LogP contribution in [-0.2, 0) is 14.3 Å². The number of aliphatic hydroxyl groups is 4. The molecule has 2 unspecified atom stereocenters. The van der Waals surface area contributed by atoms with Crippen molar-refractivity contribution in [3.8, 4) is 24.7 Å². The second-order valence-corrected chi connectivity index (χ2v) is 3.82. The highest BCUT2D eigenvalue weighted by atomic mass is 16.6. The maximum Gasteiger partial charge on any atom is 0.349 e. The lowest BCUT2D eigenvalue weighted by atomic mass is 10.00. The van der Waals surface area contributed by atoms with Gasteiger partial charge in [0.2, 0.25) is 0 Å². The quantitative estimate of drug-likeness (QED) is 0.240. The number of esters is 2. The number of hydrogen-bond acceptors (Lipinski definition) is 7. The molecule has 2 atom stereocenters. The van der Waals surface area contributed by atoms with E-state index in [-0.39, 0.29) is 0 Å². The molecular weight excluding hydrogens is 256 g/mol. The summed E-state index contributed by atoms with van der Waals surface area (Å²) in [4.78, 5) is 22.9. The molecule has 0 spiro atoms. The van der Waals surface area contributed by atoms with Crippen LogP contribution in [0.25, 0.3) is 0 Å². The molecule has 0 aliphatic rings. The number of aliphatic hydroxyl groups excluding tert-OH is 2. The second-order valence-electron chi connectivity index (χ2n) is 3.82. The van der Waals surface area contributed by atoms with Gasteiger partial charge in [0.25, 0.3) is 0 Å². The zero-order valence-electron chi connectivity index (χ0n) is 10.00. The van der Waals surface area contributed by atoms with E-state index in [1.807, 2.05) is 11.8 Å². The SMILES string of the molecule is C#CCC(O)(CO)C(=O)OC(=O)C(O)(CO)CC#C. The van der Waals surface area contributed by atoms with E-state index in [4.69, 9.17) is 23.1 Å². The minimum Gasteiger partial charge on any atom is -0.393 e. The summed E-state index contributed by atoms with van der Waals surface area (Å²) in [5.74, 6) is 0.770. The van der Waals surface area contributed by atoms with Crippen LogP contribution < -0.4 is 0 Å². The van der Waals surface area contributed by atoms with E-state index in [1.54, 1.807) is 0 Å². The van der Waals surface area contributed by atoms with Gasteiger partial charge in [0.05, 0.1) is 26.1 Å². The van der Waals surface area contributed by atoms with E-state index in [9.17, 15) is 19.8 Å². The van der Waals surface area contributed by atoms with E-state index in [2.05, 4.69) is 4.74 Å². The summed E-state index contributed by atoms with van der Waals surface area (Å²) in [6.45, 7) is -2.15. The predicted molar refractivity (Wildman–Crippen MR) is 62.1 cm³/mol. The third kappa shape index (κ3) is 4.05. The Morgan fingerprint density at radius 2 is 1.26 bits per heavy atom. The van der Waals surface area contributed by atoms with Crippen molar-refractivity contribution in [2.24, 2.45) is 0 Å². The average molecular weight is 270 g/mol. The van der Waals surface area contributed by atoms with Gasteiger partial charge in [-0.25, -0.2) is 9.59 Å². The number of hydrogen-bond donors (Lipinski definition) is 4. The summed E-state index contributed by atoms with van der Waals surface area (Å²) >= 11 is 0. The lowest BCUT2D eigenvalue weighted by molar-refractivity contribution is -0.188. The zero-order valence-corrected chi connectivity index (χ0v) is 10.00. The van der Waals surface area contributed by atoms with Crippen LogP contribution in [0.1, 0.15) is 12.8 Å². The monoisotopic (exact) mass is 270 g/mol. The number of rotatable bonds is 6. The first-order valence-corrected chi connectivity index (χ1v) is 5.09. The molecule has 0 aliphatic heterocycles. The minimum absolute atomic E-state index is 0.595. The van der Waals surface area contributed by atoms with Gasteiger partial charge in [-0.1, -0.05) is 0 Å². The van der Waals surface area contributed by atoms with Crippen LogP contribution >= 0.6 is 0 Å². The first kappa shape index (κ1) is 17.1. The van der Waals surface area contributed by atoms with Gasteiger partial charge in [0, 0.05) is 0 Å². The standard InChI is InChI=1S/C12H14O7/c1-3-5-11(17,7-13)9(15)19-10(16)12(18,8-14)6-4-2/h1-2,13-14,17-18H,5-8H2. The first-order chi connectivity index (χ1) is 8.79. The van der Waals surface area contributed by atoms with E-state index >= 15 is 0 Å². The van der Waals surface area contributed by atoms with Gasteiger partial charge < -0.3 is 25.2 Å². The Balaban J connectivity index is 4.96. The van der Waals surface area contributed by atoms with Gasteiger partial charge >= 0.3 is 11.9 Å². The van der Waals surface area contributed by atoms with Gasteiger partial charge in [0.1, 0.15) is 0 Å². The molecule has 0 amide bonds. The van der Waals surface area contributed by atoms with Crippen molar-refractivity contribution in [2.45, 2.75) is 24.0 Å². The van der Waals surface area contributed by atoms with Crippen molar-refractivity contribution in [3.05, 3.63) is 0 Å². The van der Waals surface area contributed by atoms with Crippen molar-refractivity contribution in [1.82, 2.24) is 0 Å². The van der Waals surface area contributed by atoms with Crippen LogP contribution in [0.15, 0.2) is 0 Å². The maximum absolute atomic E-state index is 11.5. The topological polar surface area (TPSA) is 124 Å². The average Bonchev–Trinajstić information content (AvgIpc) is 2.38. The Bertz CT molecular complexity index is 390. The Morgan fingerprint density at radius 3 is 1.47 bits per heavy atom. The van der Waals surface area contributed by atoms with E-state index in [0.717, 1.165) is 0 Å². The highest BCUT2D eigenvalue weighted by Gasteiger charge is 2.43. The van der Waals surface area contributed by atoms with Gasteiger partial charge in [0.15, 0.2) is 11.2 Å². The first-order valence-electron chi connectivity index (χ1n) is 5.09. The molecule has 19 heavy (non-hydrogen) atoms. The second kappa shape index (κ2) is 6.88. The molecule has 4 N–H and O–H groups in total. The van der Waals surface area contributed by atoms with E-state index in [1.165, 1.54) is 0 Å². The Kier molecular flexibility index (Phi) is 6.19. The molecule has 7 nitrogen and oxygen atoms in total. The Hall–Kier alpha value is -1.90. The smallest absolute Gasteiger partial charge is 0.349 e. The van der Waals surface area contributed by atoms with E-state index in [0.29, 0.717) is 0 Å². The van der Waals surface area contributed by atoms with Crippen LogP contribution in [-0.4, -0.2) is 56.8 Å². The van der Waals surface area contributed by atoms with Crippen LogP contribution in [0, 0.1) is 24.7 Å². The zero-order chi connectivity index (χ0) is 15.1. The normalized spacial score (nSPS) is 16.3. The fourth-order valence-electron chi connectivity index (χ4n) is 0.997. The molecule has 0 bridgehead atoms. The van der Waals surface area contributed by atoms with Crippen molar-refractivity contribution < 1.29 is 34.8 Å². The molecule has 0 rings (SSSR count).